The topological polar surface area (TPSA) is 38.7 Å². The van der Waals surface area contributed by atoms with Crippen LogP contribution in [0.3, 0.4) is 0 Å². The molecule has 0 amide bonds. The minimum absolute atomic E-state index is 0.441. The molecule has 0 saturated carbocycles. The van der Waals surface area contributed by atoms with Crippen LogP contribution >= 0.6 is 0 Å². The molecule has 82 valence electrons. The third-order valence-electron chi connectivity index (χ3n) is 2.37. The van der Waals surface area contributed by atoms with Gasteiger partial charge >= 0.3 is 7.48 Å². The van der Waals surface area contributed by atoms with Crippen LogP contribution in [-0.2, 0) is 9.39 Å². The Morgan fingerprint density at radius 2 is 1.86 bits per heavy atom. The van der Waals surface area contributed by atoms with Gasteiger partial charge in [-0.05, 0) is 34.6 Å². The van der Waals surface area contributed by atoms with Crippen molar-refractivity contribution in [2.75, 3.05) is 6.61 Å². The smallest absolute Gasteiger partial charge is 0.305 e. The molecule has 0 aliphatic rings. The molecule has 0 aliphatic carbocycles. The summed E-state index contributed by atoms with van der Waals surface area (Å²) in [6.07, 6.45) is 1.61. The van der Waals surface area contributed by atoms with Crippen molar-refractivity contribution < 1.29 is 14.5 Å². The Bertz CT molecular complexity index is 182. The monoisotopic (exact) mass is 200 g/mol. The van der Waals surface area contributed by atoms with Gasteiger partial charge in [0.15, 0.2) is 0 Å². The summed E-state index contributed by atoms with van der Waals surface area (Å²) in [5, 5.41) is 9.77. The molecule has 0 aromatic heterocycles. The van der Waals surface area contributed by atoms with Crippen molar-refractivity contribution in [3.8, 4) is 0 Å². The summed E-state index contributed by atoms with van der Waals surface area (Å²) in [4.78, 5) is 0. The molecule has 0 heterocycles. The largest absolute Gasteiger partial charge is 0.503 e. The normalized spacial score (nSPS) is 13.3. The highest BCUT2D eigenvalue weighted by Gasteiger charge is 2.35. The van der Waals surface area contributed by atoms with Gasteiger partial charge in [0.2, 0.25) is 0 Å². The zero-order valence-electron chi connectivity index (χ0n) is 9.83. The van der Waals surface area contributed by atoms with Gasteiger partial charge in [0, 0.05) is 0 Å². The molecule has 14 heavy (non-hydrogen) atoms. The lowest BCUT2D eigenvalue weighted by molar-refractivity contribution is -0.0894. The van der Waals surface area contributed by atoms with E-state index in [-0.39, 0.29) is 0 Å². The van der Waals surface area contributed by atoms with Crippen LogP contribution in [0.1, 0.15) is 34.6 Å². The molecule has 4 heteroatoms. The van der Waals surface area contributed by atoms with Crippen molar-refractivity contribution in [1.82, 2.24) is 0 Å². The van der Waals surface area contributed by atoms with Gasteiger partial charge in [-0.1, -0.05) is 5.98 Å². The zero-order chi connectivity index (χ0) is 11.2. The van der Waals surface area contributed by atoms with Crippen LogP contribution in [-0.4, -0.2) is 30.4 Å². The lowest BCUT2D eigenvalue weighted by atomic mass is 9.86. The molecule has 0 aliphatic heterocycles. The first-order valence-electron chi connectivity index (χ1n) is 4.94. The Balaban J connectivity index is 3.89. The van der Waals surface area contributed by atoms with E-state index in [1.165, 1.54) is 0 Å². The fraction of sp³-hybridized carbons (Fsp3) is 0.800. The molecule has 0 bridgehead atoms. The summed E-state index contributed by atoms with van der Waals surface area (Å²) in [5.41, 5.74) is -1.42. The summed E-state index contributed by atoms with van der Waals surface area (Å²) in [6.45, 7) is 9.78. The van der Waals surface area contributed by atoms with Crippen molar-refractivity contribution in [3.63, 3.8) is 0 Å². The minimum atomic E-state index is -0.855. The van der Waals surface area contributed by atoms with E-state index in [1.54, 1.807) is 26.1 Å². The van der Waals surface area contributed by atoms with E-state index in [0.29, 0.717) is 14.1 Å². The quantitative estimate of drug-likeness (QED) is 0.520. The highest BCUT2D eigenvalue weighted by atomic mass is 16.5. The summed E-state index contributed by atoms with van der Waals surface area (Å²) in [7, 11) is 0.441. The maximum Gasteiger partial charge on any atom is 0.305 e. The highest BCUT2D eigenvalue weighted by Crippen LogP contribution is 2.24. The van der Waals surface area contributed by atoms with Gasteiger partial charge in [-0.3, -0.25) is 0 Å². The molecule has 0 spiro atoms. The van der Waals surface area contributed by atoms with Crippen molar-refractivity contribution in [1.29, 1.82) is 0 Å². The lowest BCUT2D eigenvalue weighted by Gasteiger charge is -2.37. The molecule has 0 fully saturated rings. The number of hydrogen-bond acceptors (Lipinski definition) is 3. The van der Waals surface area contributed by atoms with Crippen LogP contribution in [0.4, 0.5) is 0 Å². The van der Waals surface area contributed by atoms with Gasteiger partial charge in [0.25, 0.3) is 0 Å². The van der Waals surface area contributed by atoms with Crippen LogP contribution in [0.2, 0.25) is 0 Å². The van der Waals surface area contributed by atoms with Crippen molar-refractivity contribution in [2.24, 2.45) is 0 Å². The summed E-state index contributed by atoms with van der Waals surface area (Å²) in [6, 6.07) is 0. The summed E-state index contributed by atoms with van der Waals surface area (Å²) < 4.78 is 10.5. The van der Waals surface area contributed by atoms with Gasteiger partial charge in [0.05, 0.1) is 24.1 Å². The molecule has 0 atom stereocenters. The van der Waals surface area contributed by atoms with Crippen LogP contribution in [0.5, 0.6) is 0 Å². The number of ether oxygens (including phenoxy) is 1. The Morgan fingerprint density at radius 1 is 1.29 bits per heavy atom. The van der Waals surface area contributed by atoms with Crippen LogP contribution in [0.15, 0.2) is 12.2 Å². The molecule has 0 saturated heterocycles. The average molecular weight is 200 g/mol. The maximum absolute atomic E-state index is 9.77. The molecule has 0 unspecified atom stereocenters. The van der Waals surface area contributed by atoms with Crippen molar-refractivity contribution in [3.05, 3.63) is 12.2 Å². The van der Waals surface area contributed by atoms with Gasteiger partial charge in [0.1, 0.15) is 0 Å². The van der Waals surface area contributed by atoms with E-state index in [0.717, 1.165) is 0 Å². The summed E-state index contributed by atoms with van der Waals surface area (Å²) >= 11 is 0. The predicted octanol–water partition coefficient (Wildman–Crippen LogP) is 1.41. The molecule has 0 rings (SSSR count). The van der Waals surface area contributed by atoms with E-state index in [1.807, 2.05) is 20.8 Å². The maximum atomic E-state index is 9.77. The van der Waals surface area contributed by atoms with E-state index in [2.05, 4.69) is 0 Å². The van der Waals surface area contributed by atoms with E-state index in [4.69, 9.17) is 9.39 Å². The van der Waals surface area contributed by atoms with Gasteiger partial charge < -0.3 is 14.5 Å². The Labute approximate surface area is 87.4 Å². The van der Waals surface area contributed by atoms with Crippen LogP contribution in [0.25, 0.3) is 0 Å². The Hall–Kier alpha value is -0.475. The number of hydrogen-bond donors (Lipinski definition) is 1. The van der Waals surface area contributed by atoms with Crippen molar-refractivity contribution in [2.45, 2.75) is 45.8 Å². The van der Waals surface area contributed by atoms with Crippen LogP contribution in [0, 0.1) is 0 Å². The van der Waals surface area contributed by atoms with Crippen LogP contribution < -0.4 is 0 Å². The van der Waals surface area contributed by atoms with Gasteiger partial charge in [-0.15, -0.1) is 0 Å². The third kappa shape index (κ3) is 4.68. The standard InChI is InChI=1S/C10H21BO3/c1-6-13-8-7-11-14-10(4,5)9(2,3)12/h7-8,11-12H,6H2,1-5H3/b8-7+. The first kappa shape index (κ1) is 13.5. The van der Waals surface area contributed by atoms with E-state index >= 15 is 0 Å². The Kier molecular flexibility index (Phi) is 5.23. The minimum Gasteiger partial charge on any atom is -0.503 e. The molecular formula is C10H21BO3. The fourth-order valence-electron chi connectivity index (χ4n) is 0.637. The highest BCUT2D eigenvalue weighted by molar-refractivity contribution is 6.34. The van der Waals surface area contributed by atoms with Crippen molar-refractivity contribution >= 4 is 7.48 Å². The molecular weight excluding hydrogens is 179 g/mol. The third-order valence-corrected chi connectivity index (χ3v) is 2.37. The average Bonchev–Trinajstić information content (AvgIpc) is 2.02. The van der Waals surface area contributed by atoms with E-state index < -0.39 is 11.2 Å². The zero-order valence-corrected chi connectivity index (χ0v) is 9.83. The Morgan fingerprint density at radius 3 is 2.29 bits per heavy atom. The molecule has 0 aromatic rings. The number of aliphatic hydroxyl groups is 1. The summed E-state index contributed by atoms with van der Waals surface area (Å²) in [5.74, 6) is 1.79. The molecule has 0 aromatic carbocycles. The predicted molar refractivity (Wildman–Crippen MR) is 59.4 cm³/mol. The second-order valence-electron chi connectivity index (χ2n) is 4.21. The van der Waals surface area contributed by atoms with E-state index in [9.17, 15) is 5.11 Å². The fourth-order valence-corrected chi connectivity index (χ4v) is 0.637. The molecule has 3 nitrogen and oxygen atoms in total. The number of rotatable bonds is 6. The lowest BCUT2D eigenvalue weighted by Crippen LogP contribution is -2.47. The molecule has 0 radical (unpaired) electrons. The second kappa shape index (κ2) is 5.42. The SMILES string of the molecule is CCO/C=C/BOC(C)(C)C(C)(C)O. The first-order chi connectivity index (χ1) is 6.31. The molecule has 1 N–H and O–H groups in total. The van der Waals surface area contributed by atoms with Gasteiger partial charge in [-0.2, -0.15) is 0 Å². The first-order valence-corrected chi connectivity index (χ1v) is 4.94. The second-order valence-corrected chi connectivity index (χ2v) is 4.21. The van der Waals surface area contributed by atoms with Gasteiger partial charge in [-0.25, -0.2) is 0 Å².